The topological polar surface area (TPSA) is 56.8 Å². The van der Waals surface area contributed by atoms with Gasteiger partial charge in [-0.05, 0) is 43.7 Å². The van der Waals surface area contributed by atoms with Crippen molar-refractivity contribution in [2.45, 2.75) is 13.8 Å². The Bertz CT molecular complexity index is 762. The van der Waals surface area contributed by atoms with E-state index in [0.717, 1.165) is 29.0 Å². The van der Waals surface area contributed by atoms with Crippen molar-refractivity contribution in [1.29, 1.82) is 0 Å². The third-order valence-corrected chi connectivity index (χ3v) is 3.63. The maximum atomic E-state index is 4.55. The summed E-state index contributed by atoms with van der Waals surface area (Å²) in [4.78, 5) is 14.4. The van der Waals surface area contributed by atoms with E-state index < -0.39 is 0 Å². The molecular weight excluding hydrogens is 262 g/mol. The molecule has 0 saturated carbocycles. The summed E-state index contributed by atoms with van der Waals surface area (Å²) < 4.78 is 0. The van der Waals surface area contributed by atoms with Crippen LogP contribution in [0.15, 0.2) is 36.5 Å². The van der Waals surface area contributed by atoms with Crippen molar-refractivity contribution in [2.75, 3.05) is 23.8 Å². The molecule has 0 radical (unpaired) electrons. The van der Waals surface area contributed by atoms with Gasteiger partial charge in [0.15, 0.2) is 0 Å². The highest BCUT2D eigenvalue weighted by atomic mass is 15.2. The molecule has 0 aliphatic rings. The van der Waals surface area contributed by atoms with E-state index in [9.17, 15) is 0 Å². The molecule has 0 fully saturated rings. The minimum Gasteiger partial charge on any atom is -0.375 e. The quantitative estimate of drug-likeness (QED) is 0.769. The second kappa shape index (κ2) is 5.44. The largest absolute Gasteiger partial charge is 0.375 e. The van der Waals surface area contributed by atoms with Crippen molar-refractivity contribution >= 4 is 28.5 Å². The van der Waals surface area contributed by atoms with Gasteiger partial charge < -0.3 is 15.2 Å². The lowest BCUT2D eigenvalue weighted by Gasteiger charge is -2.16. The van der Waals surface area contributed by atoms with E-state index in [1.807, 2.05) is 25.1 Å². The first kappa shape index (κ1) is 13.4. The SMILES string of the molecule is CCN(C)c1ccc2nc(Nc3ncccc3C)[nH]c2c1. The maximum absolute atomic E-state index is 4.55. The Kier molecular flexibility index (Phi) is 3.48. The molecule has 3 aromatic rings. The zero-order chi connectivity index (χ0) is 14.8. The second-order valence-electron chi connectivity index (χ2n) is 5.09. The summed E-state index contributed by atoms with van der Waals surface area (Å²) >= 11 is 0. The maximum Gasteiger partial charge on any atom is 0.206 e. The van der Waals surface area contributed by atoms with Crippen molar-refractivity contribution in [3.05, 3.63) is 42.1 Å². The lowest BCUT2D eigenvalue weighted by atomic mass is 10.2. The fourth-order valence-corrected chi connectivity index (χ4v) is 2.21. The summed E-state index contributed by atoms with van der Waals surface area (Å²) in [5.41, 5.74) is 4.22. The van der Waals surface area contributed by atoms with Gasteiger partial charge in [0.1, 0.15) is 5.82 Å². The van der Waals surface area contributed by atoms with Crippen LogP contribution in [0.25, 0.3) is 11.0 Å². The van der Waals surface area contributed by atoms with Gasteiger partial charge in [0.25, 0.3) is 0 Å². The van der Waals surface area contributed by atoms with Crippen LogP contribution in [-0.4, -0.2) is 28.5 Å². The highest BCUT2D eigenvalue weighted by Gasteiger charge is 2.07. The predicted octanol–water partition coefficient (Wildman–Crippen LogP) is 3.47. The first-order valence-corrected chi connectivity index (χ1v) is 7.07. The third-order valence-electron chi connectivity index (χ3n) is 3.63. The summed E-state index contributed by atoms with van der Waals surface area (Å²) in [5.74, 6) is 1.53. The Morgan fingerprint density at radius 2 is 2.14 bits per heavy atom. The van der Waals surface area contributed by atoms with Crippen LogP contribution in [0, 0.1) is 6.92 Å². The van der Waals surface area contributed by atoms with Gasteiger partial charge in [0.2, 0.25) is 5.95 Å². The highest BCUT2D eigenvalue weighted by Crippen LogP contribution is 2.23. The number of hydrogen-bond acceptors (Lipinski definition) is 4. The Morgan fingerprint density at radius 3 is 2.90 bits per heavy atom. The zero-order valence-corrected chi connectivity index (χ0v) is 12.5. The summed E-state index contributed by atoms with van der Waals surface area (Å²) in [6.07, 6.45) is 1.77. The Balaban J connectivity index is 1.92. The molecule has 2 N–H and O–H groups in total. The van der Waals surface area contributed by atoms with E-state index in [4.69, 9.17) is 0 Å². The van der Waals surface area contributed by atoms with Crippen LogP contribution < -0.4 is 10.2 Å². The molecule has 0 spiro atoms. The van der Waals surface area contributed by atoms with Gasteiger partial charge in [0.05, 0.1) is 11.0 Å². The Hall–Kier alpha value is -2.56. The number of nitrogens with one attached hydrogen (secondary N) is 2. The molecule has 0 unspecified atom stereocenters. The monoisotopic (exact) mass is 281 g/mol. The van der Waals surface area contributed by atoms with Gasteiger partial charge >= 0.3 is 0 Å². The molecular formula is C16H19N5. The Labute approximate surface area is 124 Å². The first-order valence-electron chi connectivity index (χ1n) is 7.07. The van der Waals surface area contributed by atoms with Crippen LogP contribution in [0.5, 0.6) is 0 Å². The number of anilines is 3. The number of nitrogens with zero attached hydrogens (tertiary/aromatic N) is 3. The average molecular weight is 281 g/mol. The van der Waals surface area contributed by atoms with Gasteiger partial charge in [-0.3, -0.25) is 0 Å². The molecule has 2 heterocycles. The predicted molar refractivity (Wildman–Crippen MR) is 87.3 cm³/mol. The van der Waals surface area contributed by atoms with Crippen LogP contribution >= 0.6 is 0 Å². The smallest absolute Gasteiger partial charge is 0.206 e. The van der Waals surface area contributed by atoms with Crippen molar-refractivity contribution < 1.29 is 0 Å². The standard InChI is InChI=1S/C16H19N5/c1-4-21(3)12-7-8-13-14(10-12)19-16(18-13)20-15-11(2)6-5-9-17-15/h5-10H,4H2,1-3H3,(H2,17,18,19,20). The minimum absolute atomic E-state index is 0.711. The first-order chi connectivity index (χ1) is 10.2. The number of fused-ring (bicyclic) bond motifs is 1. The molecule has 0 bridgehead atoms. The number of hydrogen-bond donors (Lipinski definition) is 2. The minimum atomic E-state index is 0.711. The molecule has 3 rings (SSSR count). The zero-order valence-electron chi connectivity index (χ0n) is 12.5. The number of rotatable bonds is 4. The van der Waals surface area contributed by atoms with Crippen LogP contribution in [0.3, 0.4) is 0 Å². The molecule has 0 saturated heterocycles. The second-order valence-corrected chi connectivity index (χ2v) is 5.09. The van der Waals surface area contributed by atoms with Crippen molar-refractivity contribution in [1.82, 2.24) is 15.0 Å². The molecule has 0 atom stereocenters. The summed E-state index contributed by atoms with van der Waals surface area (Å²) in [7, 11) is 2.08. The van der Waals surface area contributed by atoms with Crippen LogP contribution in [0.2, 0.25) is 0 Å². The van der Waals surface area contributed by atoms with E-state index in [0.29, 0.717) is 5.95 Å². The fraction of sp³-hybridized carbons (Fsp3) is 0.250. The summed E-state index contributed by atoms with van der Waals surface area (Å²) in [6.45, 7) is 5.12. The van der Waals surface area contributed by atoms with Crippen molar-refractivity contribution in [2.24, 2.45) is 0 Å². The van der Waals surface area contributed by atoms with Crippen LogP contribution in [-0.2, 0) is 0 Å². The van der Waals surface area contributed by atoms with Crippen molar-refractivity contribution in [3.8, 4) is 0 Å². The molecule has 5 nitrogen and oxygen atoms in total. The summed E-state index contributed by atoms with van der Waals surface area (Å²) in [5, 5.41) is 3.23. The molecule has 0 amide bonds. The average Bonchev–Trinajstić information content (AvgIpc) is 2.90. The lowest BCUT2D eigenvalue weighted by Crippen LogP contribution is -2.15. The number of aromatic nitrogens is 3. The molecule has 0 aliphatic heterocycles. The molecule has 0 aliphatic carbocycles. The van der Waals surface area contributed by atoms with E-state index in [2.05, 4.69) is 51.3 Å². The number of H-pyrrole nitrogens is 1. The number of pyridine rings is 1. The number of aryl methyl sites for hydroxylation is 1. The lowest BCUT2D eigenvalue weighted by molar-refractivity contribution is 0.969. The molecule has 1 aromatic carbocycles. The van der Waals surface area contributed by atoms with Gasteiger partial charge in [-0.25, -0.2) is 9.97 Å². The fourth-order valence-electron chi connectivity index (χ4n) is 2.21. The molecule has 21 heavy (non-hydrogen) atoms. The number of benzene rings is 1. The van der Waals surface area contributed by atoms with E-state index in [-0.39, 0.29) is 0 Å². The van der Waals surface area contributed by atoms with E-state index in [1.165, 1.54) is 5.69 Å². The molecule has 108 valence electrons. The third kappa shape index (κ3) is 2.67. The van der Waals surface area contributed by atoms with Crippen LogP contribution in [0.4, 0.5) is 17.5 Å². The van der Waals surface area contributed by atoms with E-state index >= 15 is 0 Å². The normalized spacial score (nSPS) is 10.8. The van der Waals surface area contributed by atoms with Gasteiger partial charge in [0, 0.05) is 25.5 Å². The van der Waals surface area contributed by atoms with Gasteiger partial charge in [-0.1, -0.05) is 6.07 Å². The van der Waals surface area contributed by atoms with Crippen molar-refractivity contribution in [3.63, 3.8) is 0 Å². The number of imidazole rings is 1. The molecule has 2 aromatic heterocycles. The Morgan fingerprint density at radius 1 is 1.29 bits per heavy atom. The summed E-state index contributed by atoms with van der Waals surface area (Å²) in [6, 6.07) is 10.2. The van der Waals surface area contributed by atoms with Gasteiger partial charge in [-0.15, -0.1) is 0 Å². The molecule has 5 heteroatoms. The van der Waals surface area contributed by atoms with E-state index in [1.54, 1.807) is 6.20 Å². The van der Waals surface area contributed by atoms with Crippen LogP contribution in [0.1, 0.15) is 12.5 Å². The van der Waals surface area contributed by atoms with Gasteiger partial charge in [-0.2, -0.15) is 0 Å². The number of aromatic amines is 1. The highest BCUT2D eigenvalue weighted by molar-refractivity contribution is 5.82.